The van der Waals surface area contributed by atoms with Crippen LogP contribution in [0.25, 0.3) is 0 Å². The van der Waals surface area contributed by atoms with Crippen molar-refractivity contribution in [3.8, 4) is 0 Å². The molecule has 0 saturated carbocycles. The molecule has 1 atom stereocenters. The van der Waals surface area contributed by atoms with Gasteiger partial charge in [0.1, 0.15) is 0 Å². The third-order valence-corrected chi connectivity index (χ3v) is 2.90. The van der Waals surface area contributed by atoms with Crippen LogP contribution < -0.4 is 0 Å². The predicted molar refractivity (Wildman–Crippen MR) is 76.1 cm³/mol. The third-order valence-electron chi connectivity index (χ3n) is 2.90. The molecule has 0 bridgehead atoms. The maximum Gasteiger partial charge on any atom is 0.303 e. The van der Waals surface area contributed by atoms with Crippen LogP contribution in [0.5, 0.6) is 0 Å². The number of esters is 1. The molecule has 0 fully saturated rings. The van der Waals surface area contributed by atoms with Crippen molar-refractivity contribution in [1.29, 1.82) is 0 Å². The topological polar surface area (TPSA) is 43.4 Å². The first kappa shape index (κ1) is 14.0. The van der Waals surface area contributed by atoms with Crippen LogP contribution in [0.15, 0.2) is 60.7 Å². The number of rotatable bonds is 5. The lowest BCUT2D eigenvalue weighted by molar-refractivity contribution is -0.153. The summed E-state index contributed by atoms with van der Waals surface area (Å²) < 4.78 is 5.18. The quantitative estimate of drug-likeness (QED) is 0.783. The fraction of sp³-hybridized carbons (Fsp3) is 0.176. The van der Waals surface area contributed by atoms with Crippen LogP contribution in [-0.4, -0.2) is 11.8 Å². The molecule has 1 unspecified atom stereocenters. The van der Waals surface area contributed by atoms with E-state index in [4.69, 9.17) is 4.74 Å². The number of carbonyl (C=O) groups excluding carboxylic acids is 2. The van der Waals surface area contributed by atoms with Crippen molar-refractivity contribution in [1.82, 2.24) is 0 Å². The van der Waals surface area contributed by atoms with Gasteiger partial charge in [0.2, 0.25) is 0 Å². The van der Waals surface area contributed by atoms with Crippen LogP contribution >= 0.6 is 0 Å². The van der Waals surface area contributed by atoms with E-state index in [1.807, 2.05) is 48.5 Å². The van der Waals surface area contributed by atoms with Gasteiger partial charge in [0.25, 0.3) is 0 Å². The van der Waals surface area contributed by atoms with Crippen LogP contribution in [0.1, 0.15) is 24.2 Å². The van der Waals surface area contributed by atoms with Crippen molar-refractivity contribution in [2.24, 2.45) is 0 Å². The Bertz CT molecular complexity index is 576. The van der Waals surface area contributed by atoms with Crippen LogP contribution in [0.3, 0.4) is 0 Å². The highest BCUT2D eigenvalue weighted by molar-refractivity contribution is 5.88. The Kier molecular flexibility index (Phi) is 4.66. The van der Waals surface area contributed by atoms with Gasteiger partial charge >= 0.3 is 5.97 Å². The van der Waals surface area contributed by atoms with Gasteiger partial charge in [-0.25, -0.2) is 0 Å². The molecule has 0 heterocycles. The van der Waals surface area contributed by atoms with Gasteiger partial charge in [0.05, 0.1) is 0 Å². The highest BCUT2D eigenvalue weighted by atomic mass is 16.5. The van der Waals surface area contributed by atoms with Gasteiger partial charge in [0, 0.05) is 13.3 Å². The fourth-order valence-corrected chi connectivity index (χ4v) is 2.00. The first-order valence-electron chi connectivity index (χ1n) is 6.45. The number of hydrogen-bond acceptors (Lipinski definition) is 3. The molecule has 0 N–H and O–H groups in total. The molecule has 3 nitrogen and oxygen atoms in total. The minimum absolute atomic E-state index is 0.127. The summed E-state index contributed by atoms with van der Waals surface area (Å²) in [5.74, 6) is -0.585. The van der Waals surface area contributed by atoms with E-state index in [0.717, 1.165) is 5.56 Å². The highest BCUT2D eigenvalue weighted by Gasteiger charge is 2.23. The lowest BCUT2D eigenvalue weighted by atomic mass is 10.00. The lowest BCUT2D eigenvalue weighted by Crippen LogP contribution is -2.20. The zero-order valence-corrected chi connectivity index (χ0v) is 11.3. The zero-order valence-electron chi connectivity index (χ0n) is 11.3. The van der Waals surface area contributed by atoms with Gasteiger partial charge in [-0.05, 0) is 11.1 Å². The van der Waals surface area contributed by atoms with Crippen LogP contribution in [0.2, 0.25) is 0 Å². The third kappa shape index (κ3) is 3.79. The second kappa shape index (κ2) is 6.66. The molecule has 0 aliphatic heterocycles. The van der Waals surface area contributed by atoms with Crippen molar-refractivity contribution < 1.29 is 14.3 Å². The second-order valence-corrected chi connectivity index (χ2v) is 4.53. The summed E-state index contributed by atoms with van der Waals surface area (Å²) in [5.41, 5.74) is 1.61. The van der Waals surface area contributed by atoms with E-state index < -0.39 is 12.1 Å². The number of ketones is 1. The van der Waals surface area contributed by atoms with E-state index in [-0.39, 0.29) is 12.2 Å². The molecule has 0 aromatic heterocycles. The van der Waals surface area contributed by atoms with E-state index in [1.54, 1.807) is 12.1 Å². The molecule has 0 spiro atoms. The van der Waals surface area contributed by atoms with Gasteiger partial charge < -0.3 is 4.74 Å². The smallest absolute Gasteiger partial charge is 0.303 e. The van der Waals surface area contributed by atoms with Crippen molar-refractivity contribution in [3.05, 3.63) is 71.8 Å². The minimum atomic E-state index is -0.839. The standard InChI is InChI=1S/C17H16O3/c1-13(18)20-17(15-10-6-3-7-11-15)16(19)12-14-8-4-2-5-9-14/h2-11,17H,12H2,1H3. The molecule has 0 aliphatic rings. The molecule has 102 valence electrons. The van der Waals surface area contributed by atoms with Crippen molar-refractivity contribution >= 4 is 11.8 Å². The van der Waals surface area contributed by atoms with Gasteiger partial charge in [-0.3, -0.25) is 9.59 Å². The Morgan fingerprint density at radius 3 is 2.05 bits per heavy atom. The number of ether oxygens (including phenoxy) is 1. The predicted octanol–water partition coefficient (Wildman–Crippen LogP) is 3.10. The highest BCUT2D eigenvalue weighted by Crippen LogP contribution is 2.20. The summed E-state index contributed by atoms with van der Waals surface area (Å²) in [5, 5.41) is 0. The van der Waals surface area contributed by atoms with Crippen molar-refractivity contribution in [2.75, 3.05) is 0 Å². The Balaban J connectivity index is 2.18. The van der Waals surface area contributed by atoms with Crippen molar-refractivity contribution in [3.63, 3.8) is 0 Å². The fourth-order valence-electron chi connectivity index (χ4n) is 2.00. The maximum atomic E-state index is 12.4. The van der Waals surface area contributed by atoms with E-state index >= 15 is 0 Å². The molecular formula is C17H16O3. The number of hydrogen-bond donors (Lipinski definition) is 0. The normalized spacial score (nSPS) is 11.7. The maximum absolute atomic E-state index is 12.4. The summed E-state index contributed by atoms with van der Waals surface area (Å²) in [6, 6.07) is 18.5. The number of Topliss-reactive ketones (excluding diaryl/α,β-unsaturated/α-hetero) is 1. The number of benzene rings is 2. The van der Waals surface area contributed by atoms with Crippen molar-refractivity contribution in [2.45, 2.75) is 19.4 Å². The molecule has 2 rings (SSSR count). The van der Waals surface area contributed by atoms with E-state index in [1.165, 1.54) is 6.92 Å². The van der Waals surface area contributed by atoms with Crippen LogP contribution in [-0.2, 0) is 20.7 Å². The van der Waals surface area contributed by atoms with Crippen LogP contribution in [0, 0.1) is 0 Å². The lowest BCUT2D eigenvalue weighted by Gasteiger charge is -2.16. The average molecular weight is 268 g/mol. The zero-order chi connectivity index (χ0) is 14.4. The Hall–Kier alpha value is -2.42. The first-order valence-corrected chi connectivity index (χ1v) is 6.45. The number of carbonyl (C=O) groups is 2. The van der Waals surface area contributed by atoms with Gasteiger partial charge in [-0.1, -0.05) is 60.7 Å². The molecular weight excluding hydrogens is 252 g/mol. The molecule has 0 radical (unpaired) electrons. The molecule has 0 amide bonds. The summed E-state index contributed by atoms with van der Waals surface area (Å²) >= 11 is 0. The van der Waals surface area contributed by atoms with Gasteiger partial charge in [-0.15, -0.1) is 0 Å². The first-order chi connectivity index (χ1) is 9.66. The molecule has 0 aliphatic carbocycles. The summed E-state index contributed by atoms with van der Waals surface area (Å²) in [4.78, 5) is 23.6. The summed E-state index contributed by atoms with van der Waals surface area (Å²) in [6.07, 6.45) is -0.595. The van der Waals surface area contributed by atoms with E-state index in [9.17, 15) is 9.59 Å². The average Bonchev–Trinajstić information content (AvgIpc) is 2.46. The van der Waals surface area contributed by atoms with Gasteiger partial charge in [0.15, 0.2) is 11.9 Å². The molecule has 3 heteroatoms. The summed E-state index contributed by atoms with van der Waals surface area (Å²) in [6.45, 7) is 1.31. The van der Waals surface area contributed by atoms with Crippen LogP contribution in [0.4, 0.5) is 0 Å². The monoisotopic (exact) mass is 268 g/mol. The Morgan fingerprint density at radius 1 is 0.950 bits per heavy atom. The Morgan fingerprint density at radius 2 is 1.50 bits per heavy atom. The Labute approximate surface area is 118 Å². The van der Waals surface area contributed by atoms with E-state index in [0.29, 0.717) is 5.56 Å². The van der Waals surface area contributed by atoms with E-state index in [2.05, 4.69) is 0 Å². The van der Waals surface area contributed by atoms with Gasteiger partial charge in [-0.2, -0.15) is 0 Å². The summed E-state index contributed by atoms with van der Waals surface area (Å²) in [7, 11) is 0. The largest absolute Gasteiger partial charge is 0.450 e. The molecule has 2 aromatic rings. The molecule has 2 aromatic carbocycles. The molecule has 0 saturated heterocycles. The molecule has 20 heavy (non-hydrogen) atoms. The SMILES string of the molecule is CC(=O)OC(C(=O)Cc1ccccc1)c1ccccc1. The minimum Gasteiger partial charge on any atom is -0.450 e. The second-order valence-electron chi connectivity index (χ2n) is 4.53.